The van der Waals surface area contributed by atoms with E-state index in [1.165, 1.54) is 23.1 Å². The van der Waals surface area contributed by atoms with E-state index in [9.17, 15) is 9.59 Å². The lowest BCUT2D eigenvalue weighted by molar-refractivity contribution is 0.0660. The molecule has 0 aliphatic heterocycles. The van der Waals surface area contributed by atoms with Gasteiger partial charge in [0.15, 0.2) is 5.82 Å². The fraction of sp³-hybridized carbons (Fsp3) is 0.273. The lowest BCUT2D eigenvalue weighted by atomic mass is 10.4. The first-order valence-corrected chi connectivity index (χ1v) is 5.73. The largest absolute Gasteiger partial charge is 0.475 e. The molecule has 9 heteroatoms. The van der Waals surface area contributed by atoms with E-state index >= 15 is 0 Å². The van der Waals surface area contributed by atoms with Crippen LogP contribution in [0.4, 0.5) is 4.79 Å². The molecule has 0 aromatic carbocycles. The third kappa shape index (κ3) is 3.57. The van der Waals surface area contributed by atoms with Crippen molar-refractivity contribution in [3.05, 3.63) is 35.8 Å². The van der Waals surface area contributed by atoms with E-state index in [4.69, 9.17) is 9.52 Å². The molecule has 0 bridgehead atoms. The van der Waals surface area contributed by atoms with Gasteiger partial charge in [-0.3, -0.25) is 4.68 Å². The van der Waals surface area contributed by atoms with Gasteiger partial charge in [0, 0.05) is 7.05 Å². The molecule has 0 atom stereocenters. The van der Waals surface area contributed by atoms with Crippen molar-refractivity contribution >= 4 is 12.0 Å². The molecule has 20 heavy (non-hydrogen) atoms. The van der Waals surface area contributed by atoms with Gasteiger partial charge in [-0.25, -0.2) is 14.6 Å². The first-order chi connectivity index (χ1) is 9.54. The number of carboxylic acid groups (broad SMARTS) is 1. The number of aryl methyl sites for hydroxylation is 1. The van der Waals surface area contributed by atoms with Gasteiger partial charge in [-0.1, -0.05) is 0 Å². The highest BCUT2D eigenvalue weighted by molar-refractivity contribution is 5.84. The number of amides is 2. The Balaban J connectivity index is 1.75. The zero-order chi connectivity index (χ0) is 14.5. The Hall–Kier alpha value is -2.84. The Morgan fingerprint density at radius 2 is 2.10 bits per heavy atom. The smallest absolute Gasteiger partial charge is 0.371 e. The third-order valence-electron chi connectivity index (χ3n) is 2.35. The molecule has 2 rings (SSSR count). The van der Waals surface area contributed by atoms with Gasteiger partial charge in [-0.15, -0.1) is 0 Å². The molecule has 2 aromatic heterocycles. The van der Waals surface area contributed by atoms with Crippen LogP contribution < -0.4 is 10.6 Å². The molecular formula is C11H13N5O4. The van der Waals surface area contributed by atoms with E-state index in [-0.39, 0.29) is 18.8 Å². The van der Waals surface area contributed by atoms with E-state index in [1.807, 2.05) is 0 Å². The SMILES string of the molecule is Cn1cnc(CNC(=O)NCc2ccc(C(=O)O)o2)n1. The molecule has 2 amide bonds. The van der Waals surface area contributed by atoms with Gasteiger partial charge in [0.1, 0.15) is 12.1 Å². The molecule has 106 valence electrons. The average Bonchev–Trinajstić information content (AvgIpc) is 3.03. The Morgan fingerprint density at radius 1 is 1.35 bits per heavy atom. The number of rotatable bonds is 5. The van der Waals surface area contributed by atoms with E-state index in [0.29, 0.717) is 11.6 Å². The summed E-state index contributed by atoms with van der Waals surface area (Å²) in [5.74, 6) is -0.468. The van der Waals surface area contributed by atoms with E-state index in [0.717, 1.165) is 0 Å². The zero-order valence-electron chi connectivity index (χ0n) is 10.7. The summed E-state index contributed by atoms with van der Waals surface area (Å²) in [4.78, 5) is 26.1. The molecule has 0 unspecified atom stereocenters. The van der Waals surface area contributed by atoms with Gasteiger partial charge < -0.3 is 20.2 Å². The van der Waals surface area contributed by atoms with Crippen LogP contribution in [0.1, 0.15) is 22.1 Å². The molecule has 0 fully saturated rings. The number of nitrogens with one attached hydrogen (secondary N) is 2. The molecule has 0 aliphatic rings. The predicted molar refractivity (Wildman–Crippen MR) is 65.7 cm³/mol. The number of carbonyl (C=O) groups is 2. The fourth-order valence-electron chi connectivity index (χ4n) is 1.44. The summed E-state index contributed by atoms with van der Waals surface area (Å²) >= 11 is 0. The van der Waals surface area contributed by atoms with Crippen molar-refractivity contribution < 1.29 is 19.1 Å². The minimum absolute atomic E-state index is 0.0920. The molecule has 0 aliphatic carbocycles. The summed E-state index contributed by atoms with van der Waals surface area (Å²) in [7, 11) is 1.73. The van der Waals surface area contributed by atoms with Crippen LogP contribution in [-0.2, 0) is 20.1 Å². The number of aromatic nitrogens is 3. The highest BCUT2D eigenvalue weighted by atomic mass is 16.4. The van der Waals surface area contributed by atoms with Crippen molar-refractivity contribution in [1.82, 2.24) is 25.4 Å². The average molecular weight is 279 g/mol. The van der Waals surface area contributed by atoms with Crippen molar-refractivity contribution in [3.63, 3.8) is 0 Å². The Morgan fingerprint density at radius 3 is 2.70 bits per heavy atom. The van der Waals surface area contributed by atoms with Crippen molar-refractivity contribution in [1.29, 1.82) is 0 Å². The first kappa shape index (κ1) is 13.6. The second kappa shape index (κ2) is 5.87. The molecule has 0 saturated heterocycles. The Kier molecular flexibility index (Phi) is 3.99. The number of nitrogens with zero attached hydrogens (tertiary/aromatic N) is 3. The summed E-state index contributed by atoms with van der Waals surface area (Å²) in [6.07, 6.45) is 1.53. The standard InChI is InChI=1S/C11H13N5O4/c1-16-6-14-9(15-16)5-13-11(19)12-4-7-2-3-8(20-7)10(17)18/h2-3,6H,4-5H2,1H3,(H,17,18)(H2,12,13,19). The number of aromatic carboxylic acids is 1. The normalized spacial score (nSPS) is 10.2. The number of carboxylic acids is 1. The van der Waals surface area contributed by atoms with Crippen molar-refractivity contribution in [2.24, 2.45) is 7.05 Å². The van der Waals surface area contributed by atoms with E-state index in [1.54, 1.807) is 7.05 Å². The number of furan rings is 1. The Labute approximate surface area is 113 Å². The summed E-state index contributed by atoms with van der Waals surface area (Å²) in [5, 5.41) is 17.8. The van der Waals surface area contributed by atoms with Crippen LogP contribution in [0.3, 0.4) is 0 Å². The molecular weight excluding hydrogens is 266 g/mol. The summed E-state index contributed by atoms with van der Waals surface area (Å²) in [6.45, 7) is 0.292. The third-order valence-corrected chi connectivity index (χ3v) is 2.35. The minimum Gasteiger partial charge on any atom is -0.475 e. The van der Waals surface area contributed by atoms with Gasteiger partial charge in [-0.2, -0.15) is 5.10 Å². The van der Waals surface area contributed by atoms with Crippen LogP contribution in [0, 0.1) is 0 Å². The van der Waals surface area contributed by atoms with Gasteiger partial charge in [0.05, 0.1) is 13.1 Å². The highest BCUT2D eigenvalue weighted by Crippen LogP contribution is 2.07. The number of carbonyl (C=O) groups excluding carboxylic acids is 1. The molecule has 3 N–H and O–H groups in total. The molecule has 2 aromatic rings. The maximum Gasteiger partial charge on any atom is 0.371 e. The van der Waals surface area contributed by atoms with Crippen LogP contribution >= 0.6 is 0 Å². The summed E-state index contributed by atoms with van der Waals surface area (Å²) in [5.41, 5.74) is 0. The van der Waals surface area contributed by atoms with Gasteiger partial charge in [-0.05, 0) is 12.1 Å². The van der Waals surface area contributed by atoms with Crippen LogP contribution in [-0.4, -0.2) is 31.9 Å². The van der Waals surface area contributed by atoms with Gasteiger partial charge >= 0.3 is 12.0 Å². The zero-order valence-corrected chi connectivity index (χ0v) is 10.7. The fourth-order valence-corrected chi connectivity index (χ4v) is 1.44. The first-order valence-electron chi connectivity index (χ1n) is 5.73. The van der Waals surface area contributed by atoms with Gasteiger partial charge in [0.25, 0.3) is 0 Å². The maximum absolute atomic E-state index is 11.5. The molecule has 2 heterocycles. The van der Waals surface area contributed by atoms with Crippen molar-refractivity contribution in [2.45, 2.75) is 13.1 Å². The lowest BCUT2D eigenvalue weighted by Crippen LogP contribution is -2.34. The second-order valence-electron chi connectivity index (χ2n) is 3.94. The van der Waals surface area contributed by atoms with Crippen molar-refractivity contribution in [2.75, 3.05) is 0 Å². The van der Waals surface area contributed by atoms with Crippen LogP contribution in [0.5, 0.6) is 0 Å². The number of hydrogen-bond acceptors (Lipinski definition) is 5. The van der Waals surface area contributed by atoms with Crippen LogP contribution in [0.2, 0.25) is 0 Å². The van der Waals surface area contributed by atoms with Gasteiger partial charge in [0.2, 0.25) is 5.76 Å². The topological polar surface area (TPSA) is 122 Å². The predicted octanol–water partition coefficient (Wildman–Crippen LogP) is 0.106. The quantitative estimate of drug-likeness (QED) is 0.713. The Bertz CT molecular complexity index is 618. The minimum atomic E-state index is -1.15. The number of hydrogen-bond donors (Lipinski definition) is 3. The summed E-state index contributed by atoms with van der Waals surface area (Å²) in [6, 6.07) is 2.39. The number of urea groups is 1. The van der Waals surface area contributed by atoms with Crippen LogP contribution in [0.15, 0.2) is 22.9 Å². The molecule has 0 radical (unpaired) electrons. The second-order valence-corrected chi connectivity index (χ2v) is 3.94. The molecule has 9 nitrogen and oxygen atoms in total. The molecule has 0 saturated carbocycles. The van der Waals surface area contributed by atoms with Crippen molar-refractivity contribution in [3.8, 4) is 0 Å². The van der Waals surface area contributed by atoms with E-state index in [2.05, 4.69) is 20.7 Å². The maximum atomic E-state index is 11.5. The summed E-state index contributed by atoms with van der Waals surface area (Å²) < 4.78 is 6.52. The van der Waals surface area contributed by atoms with E-state index < -0.39 is 12.0 Å². The molecule has 0 spiro atoms. The monoisotopic (exact) mass is 279 g/mol. The van der Waals surface area contributed by atoms with Crippen LogP contribution in [0.25, 0.3) is 0 Å². The lowest BCUT2D eigenvalue weighted by Gasteiger charge is -2.04. The highest BCUT2D eigenvalue weighted by Gasteiger charge is 2.09.